The Morgan fingerprint density at radius 2 is 1.65 bits per heavy atom. The minimum absolute atomic E-state index is 0.00302. The number of aliphatic hydroxyl groups excluding tert-OH is 1. The van der Waals surface area contributed by atoms with E-state index in [9.17, 15) is 14.7 Å². The number of hydrogen-bond acceptors (Lipinski definition) is 4. The molecule has 5 nitrogen and oxygen atoms in total. The molecular formula is C25H26BrNO4. The molecule has 0 radical (unpaired) electrons. The molecule has 0 spiro atoms. The lowest BCUT2D eigenvalue weighted by molar-refractivity contribution is -0.141. The monoisotopic (exact) mass is 483 g/mol. The van der Waals surface area contributed by atoms with Crippen LogP contribution in [0, 0.1) is 0 Å². The zero-order chi connectivity index (χ0) is 22.1. The van der Waals surface area contributed by atoms with E-state index in [0.717, 1.165) is 41.5 Å². The molecule has 2 fully saturated rings. The summed E-state index contributed by atoms with van der Waals surface area (Å²) in [6, 6.07) is 13.9. The normalized spacial score (nSPS) is 21.3. The Labute approximate surface area is 190 Å². The average molecular weight is 484 g/mol. The highest BCUT2D eigenvalue weighted by Crippen LogP contribution is 2.43. The number of hydrogen-bond donors (Lipinski definition) is 1. The van der Waals surface area contributed by atoms with Gasteiger partial charge in [-0.3, -0.25) is 9.59 Å². The number of Topliss-reactive ketones (excluding diaryl/α,β-unsaturated/α-hetero) is 1. The first-order valence-corrected chi connectivity index (χ1v) is 11.5. The number of ketones is 1. The van der Waals surface area contributed by atoms with Crippen molar-refractivity contribution in [3.63, 3.8) is 0 Å². The van der Waals surface area contributed by atoms with Gasteiger partial charge in [-0.25, -0.2) is 0 Å². The molecule has 1 heterocycles. The van der Waals surface area contributed by atoms with Crippen molar-refractivity contribution in [3.05, 3.63) is 69.7 Å². The lowest BCUT2D eigenvalue weighted by Gasteiger charge is -2.30. The molecule has 1 atom stereocenters. The van der Waals surface area contributed by atoms with E-state index in [-0.39, 0.29) is 23.5 Å². The molecule has 1 aliphatic carbocycles. The predicted molar refractivity (Wildman–Crippen MR) is 123 cm³/mol. The maximum absolute atomic E-state index is 13.1. The van der Waals surface area contributed by atoms with Gasteiger partial charge in [-0.1, -0.05) is 53.0 Å². The fraction of sp³-hybridized carbons (Fsp3) is 0.360. The lowest BCUT2D eigenvalue weighted by Crippen LogP contribution is -2.37. The van der Waals surface area contributed by atoms with Crippen LogP contribution in [0.25, 0.3) is 5.76 Å². The molecule has 1 aliphatic heterocycles. The summed E-state index contributed by atoms with van der Waals surface area (Å²) in [5, 5.41) is 11.1. The van der Waals surface area contributed by atoms with Gasteiger partial charge in [-0.15, -0.1) is 0 Å². The Balaban J connectivity index is 1.81. The Hall–Kier alpha value is -2.60. The van der Waals surface area contributed by atoms with Crippen LogP contribution in [0.1, 0.15) is 56.7 Å². The molecule has 162 valence electrons. The van der Waals surface area contributed by atoms with Gasteiger partial charge in [0.05, 0.1) is 17.7 Å². The number of ether oxygens (including phenoxy) is 1. The molecule has 2 aromatic rings. The molecular weight excluding hydrogens is 458 g/mol. The van der Waals surface area contributed by atoms with Crippen LogP contribution in [0.15, 0.2) is 58.6 Å². The number of halogens is 1. The molecule has 0 bridgehead atoms. The van der Waals surface area contributed by atoms with E-state index < -0.39 is 17.7 Å². The van der Waals surface area contributed by atoms with E-state index in [0.29, 0.717) is 5.56 Å². The second kappa shape index (κ2) is 8.87. The van der Waals surface area contributed by atoms with Crippen molar-refractivity contribution >= 4 is 33.4 Å². The van der Waals surface area contributed by atoms with Crippen molar-refractivity contribution in [2.45, 2.75) is 57.7 Å². The Bertz CT molecular complexity index is 1000. The molecule has 1 amide bonds. The predicted octanol–water partition coefficient (Wildman–Crippen LogP) is 5.60. The molecule has 1 unspecified atom stereocenters. The minimum Gasteiger partial charge on any atom is -0.507 e. The summed E-state index contributed by atoms with van der Waals surface area (Å²) in [6.07, 6.45) is 3.86. The second-order valence-electron chi connectivity index (χ2n) is 8.39. The zero-order valence-corrected chi connectivity index (χ0v) is 19.3. The summed E-state index contributed by atoms with van der Waals surface area (Å²) in [7, 11) is 0. The van der Waals surface area contributed by atoms with E-state index in [2.05, 4.69) is 15.9 Å². The summed E-state index contributed by atoms with van der Waals surface area (Å²) in [6.45, 7) is 3.92. The van der Waals surface area contributed by atoms with Gasteiger partial charge in [-0.2, -0.15) is 0 Å². The molecule has 2 aromatic carbocycles. The number of likely N-dealkylation sites (tertiary alicyclic amines) is 1. The number of benzene rings is 2. The summed E-state index contributed by atoms with van der Waals surface area (Å²) < 4.78 is 6.61. The molecule has 1 saturated carbocycles. The summed E-state index contributed by atoms with van der Waals surface area (Å²) >= 11 is 3.39. The van der Waals surface area contributed by atoms with Gasteiger partial charge in [0.2, 0.25) is 0 Å². The first kappa shape index (κ1) is 21.6. The number of aliphatic hydroxyl groups is 1. The van der Waals surface area contributed by atoms with E-state index >= 15 is 0 Å². The van der Waals surface area contributed by atoms with Crippen LogP contribution in [0.4, 0.5) is 0 Å². The molecule has 1 N–H and O–H groups in total. The zero-order valence-electron chi connectivity index (χ0n) is 17.7. The van der Waals surface area contributed by atoms with E-state index in [1.165, 1.54) is 0 Å². The van der Waals surface area contributed by atoms with Gasteiger partial charge in [0, 0.05) is 16.1 Å². The first-order valence-electron chi connectivity index (χ1n) is 10.7. The topological polar surface area (TPSA) is 66.8 Å². The fourth-order valence-electron chi connectivity index (χ4n) is 4.50. The quantitative estimate of drug-likeness (QED) is 0.341. The van der Waals surface area contributed by atoms with E-state index in [4.69, 9.17) is 4.74 Å². The largest absolute Gasteiger partial charge is 0.507 e. The number of rotatable bonds is 5. The number of carbonyl (C=O) groups is 2. The van der Waals surface area contributed by atoms with Gasteiger partial charge in [0.1, 0.15) is 11.5 Å². The van der Waals surface area contributed by atoms with Crippen LogP contribution >= 0.6 is 15.9 Å². The number of carbonyl (C=O) groups excluding carboxylic acids is 2. The van der Waals surface area contributed by atoms with Crippen LogP contribution in [0.2, 0.25) is 0 Å². The first-order chi connectivity index (χ1) is 14.9. The summed E-state index contributed by atoms with van der Waals surface area (Å²) in [5.74, 6) is -0.568. The van der Waals surface area contributed by atoms with Crippen LogP contribution < -0.4 is 4.74 Å². The van der Waals surface area contributed by atoms with Gasteiger partial charge in [-0.05, 0) is 56.5 Å². The average Bonchev–Trinajstić information content (AvgIpc) is 3.35. The van der Waals surface area contributed by atoms with Crippen molar-refractivity contribution in [2.75, 3.05) is 0 Å². The van der Waals surface area contributed by atoms with Gasteiger partial charge in [0.15, 0.2) is 0 Å². The molecule has 6 heteroatoms. The summed E-state index contributed by atoms with van der Waals surface area (Å²) in [5.41, 5.74) is 1.45. The third-order valence-corrected chi connectivity index (χ3v) is 6.41. The maximum Gasteiger partial charge on any atom is 0.295 e. The maximum atomic E-state index is 13.1. The van der Waals surface area contributed by atoms with Crippen molar-refractivity contribution < 1.29 is 19.4 Å². The van der Waals surface area contributed by atoms with Gasteiger partial charge >= 0.3 is 0 Å². The lowest BCUT2D eigenvalue weighted by atomic mass is 9.94. The van der Waals surface area contributed by atoms with Crippen LogP contribution in [-0.4, -0.2) is 33.8 Å². The minimum atomic E-state index is -0.625. The van der Waals surface area contributed by atoms with Crippen molar-refractivity contribution in [1.29, 1.82) is 0 Å². The standard InChI is InChI=1S/C25H26BrNO4/c1-15(2)31-20-13-9-16(10-14-20)22-21(23(28)17-7-11-18(26)12-8-17)24(29)25(30)27(22)19-5-3-4-6-19/h7-15,19,22,28H,3-6H2,1-2H3/b23-21-. The molecule has 2 aliphatic rings. The molecule has 0 aromatic heterocycles. The second-order valence-corrected chi connectivity index (χ2v) is 9.30. The molecule has 4 rings (SSSR count). The smallest absolute Gasteiger partial charge is 0.295 e. The SMILES string of the molecule is CC(C)Oc1ccc(C2/C(=C(/O)c3ccc(Br)cc3)C(=O)C(=O)N2C2CCCC2)cc1. The van der Waals surface area contributed by atoms with E-state index in [1.54, 1.807) is 29.2 Å². The Kier molecular flexibility index (Phi) is 6.19. The number of nitrogens with zero attached hydrogens (tertiary/aromatic N) is 1. The van der Waals surface area contributed by atoms with E-state index in [1.807, 2.05) is 38.1 Å². The number of amides is 1. The highest BCUT2D eigenvalue weighted by atomic mass is 79.9. The summed E-state index contributed by atoms with van der Waals surface area (Å²) in [4.78, 5) is 27.9. The van der Waals surface area contributed by atoms with Gasteiger partial charge < -0.3 is 14.7 Å². The van der Waals surface area contributed by atoms with Crippen molar-refractivity contribution in [2.24, 2.45) is 0 Å². The van der Waals surface area contributed by atoms with Crippen molar-refractivity contribution in [3.8, 4) is 5.75 Å². The fourth-order valence-corrected chi connectivity index (χ4v) is 4.76. The third-order valence-electron chi connectivity index (χ3n) is 5.88. The third kappa shape index (κ3) is 4.26. The Morgan fingerprint density at radius 1 is 1.03 bits per heavy atom. The van der Waals surface area contributed by atoms with Crippen LogP contribution in [0.5, 0.6) is 5.75 Å². The highest BCUT2D eigenvalue weighted by molar-refractivity contribution is 9.10. The highest BCUT2D eigenvalue weighted by Gasteiger charge is 2.49. The van der Waals surface area contributed by atoms with Gasteiger partial charge in [0.25, 0.3) is 11.7 Å². The van der Waals surface area contributed by atoms with Crippen molar-refractivity contribution in [1.82, 2.24) is 4.90 Å². The molecule has 1 saturated heterocycles. The van der Waals surface area contributed by atoms with Crippen LogP contribution in [-0.2, 0) is 9.59 Å². The molecule has 31 heavy (non-hydrogen) atoms. The van der Waals surface area contributed by atoms with Crippen LogP contribution in [0.3, 0.4) is 0 Å². The Morgan fingerprint density at radius 3 is 2.23 bits per heavy atom.